The largest absolute Gasteiger partial charge is 0.278 e. The molecule has 2 rings (SSSR count). The predicted molar refractivity (Wildman–Crippen MR) is 83.0 cm³/mol. The van der Waals surface area contributed by atoms with E-state index in [-0.39, 0.29) is 0 Å². The molecule has 19 heavy (non-hydrogen) atoms. The molecule has 2 nitrogen and oxygen atoms in total. The van der Waals surface area contributed by atoms with Crippen LogP contribution in [-0.4, -0.2) is 6.21 Å². The average molecular weight is 252 g/mol. The van der Waals surface area contributed by atoms with Gasteiger partial charge in [-0.05, 0) is 54.7 Å². The molecule has 98 valence electrons. The molecule has 0 aliphatic rings. The fourth-order valence-corrected chi connectivity index (χ4v) is 1.83. The van der Waals surface area contributed by atoms with Gasteiger partial charge in [-0.25, -0.2) is 0 Å². The lowest BCUT2D eigenvalue weighted by molar-refractivity contribution is 1.14. The van der Waals surface area contributed by atoms with Crippen LogP contribution in [0.3, 0.4) is 0 Å². The number of aryl methyl sites for hydroxylation is 3. The van der Waals surface area contributed by atoms with E-state index < -0.39 is 0 Å². The predicted octanol–water partition coefficient (Wildman–Crippen LogP) is 4.31. The molecule has 0 amide bonds. The summed E-state index contributed by atoms with van der Waals surface area (Å²) < 4.78 is 0. The van der Waals surface area contributed by atoms with E-state index in [4.69, 9.17) is 0 Å². The van der Waals surface area contributed by atoms with Crippen LogP contribution in [0.4, 0.5) is 5.69 Å². The maximum absolute atomic E-state index is 4.26. The molecule has 0 unspecified atom stereocenters. The van der Waals surface area contributed by atoms with Crippen LogP contribution >= 0.6 is 0 Å². The highest BCUT2D eigenvalue weighted by Crippen LogP contribution is 2.14. The second-order valence-electron chi connectivity index (χ2n) is 4.76. The third-order valence-corrected chi connectivity index (χ3v) is 3.30. The molecular weight excluding hydrogens is 232 g/mol. The third kappa shape index (κ3) is 3.68. The molecule has 2 aromatic carbocycles. The van der Waals surface area contributed by atoms with Crippen LogP contribution in [0.25, 0.3) is 0 Å². The SMILES string of the molecule is CCc1ccc(/C=N/Nc2ccc(C)c(C)c2)cc1. The maximum atomic E-state index is 4.26. The fourth-order valence-electron chi connectivity index (χ4n) is 1.83. The first-order valence-corrected chi connectivity index (χ1v) is 6.64. The lowest BCUT2D eigenvalue weighted by atomic mass is 10.1. The van der Waals surface area contributed by atoms with Gasteiger partial charge in [0.2, 0.25) is 0 Å². The molecule has 0 saturated heterocycles. The zero-order valence-corrected chi connectivity index (χ0v) is 11.8. The molecule has 2 aromatic rings. The normalized spacial score (nSPS) is 10.9. The maximum Gasteiger partial charge on any atom is 0.0564 e. The van der Waals surface area contributed by atoms with Crippen LogP contribution in [0.1, 0.15) is 29.2 Å². The van der Waals surface area contributed by atoms with E-state index in [2.05, 4.69) is 67.7 Å². The van der Waals surface area contributed by atoms with Gasteiger partial charge in [-0.3, -0.25) is 5.43 Å². The Balaban J connectivity index is 2.00. The minimum atomic E-state index is 1.02. The van der Waals surface area contributed by atoms with Gasteiger partial charge in [0.15, 0.2) is 0 Å². The Labute approximate surface area is 115 Å². The zero-order valence-electron chi connectivity index (χ0n) is 11.8. The zero-order chi connectivity index (χ0) is 13.7. The fraction of sp³-hybridized carbons (Fsp3) is 0.235. The highest BCUT2D eigenvalue weighted by atomic mass is 15.3. The quantitative estimate of drug-likeness (QED) is 0.636. The van der Waals surface area contributed by atoms with E-state index in [1.54, 1.807) is 0 Å². The van der Waals surface area contributed by atoms with E-state index >= 15 is 0 Å². The number of hydrazone groups is 1. The lowest BCUT2D eigenvalue weighted by Crippen LogP contribution is -1.92. The number of rotatable bonds is 4. The van der Waals surface area contributed by atoms with Crippen molar-refractivity contribution in [1.29, 1.82) is 0 Å². The molecule has 0 radical (unpaired) electrons. The molecule has 0 atom stereocenters. The summed E-state index contributed by atoms with van der Waals surface area (Å²) in [5.74, 6) is 0. The van der Waals surface area contributed by atoms with Crippen LogP contribution in [0.5, 0.6) is 0 Å². The number of benzene rings is 2. The van der Waals surface area contributed by atoms with Crippen LogP contribution in [0.2, 0.25) is 0 Å². The van der Waals surface area contributed by atoms with Crippen molar-refractivity contribution in [2.24, 2.45) is 5.10 Å². The summed E-state index contributed by atoms with van der Waals surface area (Å²) in [6.45, 7) is 6.37. The topological polar surface area (TPSA) is 24.4 Å². The van der Waals surface area contributed by atoms with Crippen LogP contribution in [0, 0.1) is 13.8 Å². The van der Waals surface area contributed by atoms with Gasteiger partial charge >= 0.3 is 0 Å². The second-order valence-corrected chi connectivity index (χ2v) is 4.76. The molecule has 0 fully saturated rings. The molecule has 0 aliphatic carbocycles. The summed E-state index contributed by atoms with van der Waals surface area (Å²) >= 11 is 0. The second kappa shape index (κ2) is 6.19. The minimum Gasteiger partial charge on any atom is -0.278 e. The number of hydrogen-bond acceptors (Lipinski definition) is 2. The monoisotopic (exact) mass is 252 g/mol. The highest BCUT2D eigenvalue weighted by molar-refractivity contribution is 5.80. The van der Waals surface area contributed by atoms with Crippen molar-refractivity contribution >= 4 is 11.9 Å². The molecule has 0 aliphatic heterocycles. The Bertz CT molecular complexity index is 568. The van der Waals surface area contributed by atoms with Gasteiger partial charge in [-0.2, -0.15) is 5.10 Å². The number of nitrogens with zero attached hydrogens (tertiary/aromatic N) is 1. The molecule has 0 bridgehead atoms. The Kier molecular flexibility index (Phi) is 4.35. The van der Waals surface area contributed by atoms with E-state index in [1.165, 1.54) is 16.7 Å². The first-order valence-electron chi connectivity index (χ1n) is 6.64. The van der Waals surface area contributed by atoms with Gasteiger partial charge < -0.3 is 0 Å². The first kappa shape index (κ1) is 13.3. The van der Waals surface area contributed by atoms with Crippen molar-refractivity contribution < 1.29 is 0 Å². The van der Waals surface area contributed by atoms with E-state index in [9.17, 15) is 0 Å². The smallest absolute Gasteiger partial charge is 0.0564 e. The van der Waals surface area contributed by atoms with Gasteiger partial charge in [0, 0.05) is 0 Å². The summed E-state index contributed by atoms with van der Waals surface area (Å²) in [6.07, 6.45) is 2.91. The molecule has 0 heterocycles. The first-order chi connectivity index (χ1) is 9.19. The summed E-state index contributed by atoms with van der Waals surface area (Å²) in [5, 5.41) is 4.26. The van der Waals surface area contributed by atoms with E-state index in [1.807, 2.05) is 12.3 Å². The molecular formula is C17H20N2. The Morgan fingerprint density at radius 3 is 2.37 bits per heavy atom. The van der Waals surface area contributed by atoms with Crippen molar-refractivity contribution in [1.82, 2.24) is 0 Å². The van der Waals surface area contributed by atoms with Gasteiger partial charge in [0.05, 0.1) is 11.9 Å². The standard InChI is InChI=1S/C17H20N2/c1-4-15-6-8-16(9-7-15)12-18-19-17-10-5-13(2)14(3)11-17/h5-12,19H,4H2,1-3H3/b18-12+. The van der Waals surface area contributed by atoms with Gasteiger partial charge in [-0.1, -0.05) is 37.3 Å². The van der Waals surface area contributed by atoms with Gasteiger partial charge in [-0.15, -0.1) is 0 Å². The van der Waals surface area contributed by atoms with Crippen molar-refractivity contribution in [3.8, 4) is 0 Å². The van der Waals surface area contributed by atoms with Crippen molar-refractivity contribution in [2.75, 3.05) is 5.43 Å². The average Bonchev–Trinajstić information content (AvgIpc) is 2.43. The molecule has 0 saturated carbocycles. The minimum absolute atomic E-state index is 1.02. The number of anilines is 1. The molecule has 1 N–H and O–H groups in total. The Morgan fingerprint density at radius 1 is 1.00 bits per heavy atom. The number of nitrogens with one attached hydrogen (secondary N) is 1. The van der Waals surface area contributed by atoms with E-state index in [0.717, 1.165) is 17.7 Å². The molecule has 2 heteroatoms. The molecule has 0 aromatic heterocycles. The van der Waals surface area contributed by atoms with Gasteiger partial charge in [0.25, 0.3) is 0 Å². The summed E-state index contributed by atoms with van der Waals surface area (Å²) in [5.41, 5.74) is 9.10. The summed E-state index contributed by atoms with van der Waals surface area (Å²) in [6, 6.07) is 14.7. The number of hydrogen-bond donors (Lipinski definition) is 1. The van der Waals surface area contributed by atoms with Crippen LogP contribution in [-0.2, 0) is 6.42 Å². The van der Waals surface area contributed by atoms with E-state index in [0.29, 0.717) is 0 Å². The van der Waals surface area contributed by atoms with Crippen molar-refractivity contribution in [2.45, 2.75) is 27.2 Å². The van der Waals surface area contributed by atoms with Crippen LogP contribution in [0.15, 0.2) is 47.6 Å². The Morgan fingerprint density at radius 2 is 1.74 bits per heavy atom. The third-order valence-electron chi connectivity index (χ3n) is 3.30. The van der Waals surface area contributed by atoms with Crippen LogP contribution < -0.4 is 5.43 Å². The lowest BCUT2D eigenvalue weighted by Gasteiger charge is -2.04. The van der Waals surface area contributed by atoms with Crippen molar-refractivity contribution in [3.63, 3.8) is 0 Å². The van der Waals surface area contributed by atoms with Crippen molar-refractivity contribution in [3.05, 3.63) is 64.7 Å². The highest BCUT2D eigenvalue weighted by Gasteiger charge is 1.94. The molecule has 0 spiro atoms. The summed E-state index contributed by atoms with van der Waals surface area (Å²) in [4.78, 5) is 0. The van der Waals surface area contributed by atoms with Gasteiger partial charge in [0.1, 0.15) is 0 Å². The Hall–Kier alpha value is -2.09. The summed E-state index contributed by atoms with van der Waals surface area (Å²) in [7, 11) is 0.